The molecule has 8 heteroatoms. The van der Waals surface area contributed by atoms with Crippen molar-refractivity contribution < 1.29 is 23.1 Å². The molecule has 0 spiro atoms. The van der Waals surface area contributed by atoms with Crippen LogP contribution >= 0.6 is 0 Å². The highest BCUT2D eigenvalue weighted by Gasteiger charge is 2.41. The number of nitrogens with one attached hydrogen (secondary N) is 2. The van der Waals surface area contributed by atoms with Gasteiger partial charge in [0.15, 0.2) is 0 Å². The molecule has 1 saturated heterocycles. The van der Waals surface area contributed by atoms with Gasteiger partial charge in [0.05, 0.1) is 11.8 Å². The number of hydrogen-bond acceptors (Lipinski definition) is 4. The third kappa shape index (κ3) is 3.38. The molecule has 0 aliphatic carbocycles. The minimum atomic E-state index is -4.27. The van der Waals surface area contributed by atoms with Gasteiger partial charge in [0.25, 0.3) is 5.91 Å². The average molecular weight is 289 g/mol. The Kier molecular flexibility index (Phi) is 4.12. The summed E-state index contributed by atoms with van der Waals surface area (Å²) in [5, 5.41) is 14.4. The summed E-state index contributed by atoms with van der Waals surface area (Å²) in [5.41, 5.74) is 0.0537. The van der Waals surface area contributed by atoms with Crippen molar-refractivity contribution >= 4 is 5.91 Å². The number of aromatic nitrogens is 1. The molecule has 110 valence electrons. The van der Waals surface area contributed by atoms with Crippen molar-refractivity contribution in [2.75, 3.05) is 6.54 Å². The summed E-state index contributed by atoms with van der Waals surface area (Å²) in [4.78, 5) is 15.5. The molecule has 1 aromatic heterocycles. The minimum absolute atomic E-state index is 0.0434. The number of amides is 1. The summed E-state index contributed by atoms with van der Waals surface area (Å²) in [6.07, 6.45) is -1.63. The molecule has 0 bridgehead atoms. The van der Waals surface area contributed by atoms with E-state index in [0.29, 0.717) is 0 Å². The van der Waals surface area contributed by atoms with E-state index in [4.69, 9.17) is 0 Å². The van der Waals surface area contributed by atoms with Crippen molar-refractivity contribution in [3.05, 3.63) is 24.0 Å². The van der Waals surface area contributed by atoms with E-state index in [1.807, 2.05) is 0 Å². The van der Waals surface area contributed by atoms with Crippen LogP contribution in [0.4, 0.5) is 13.2 Å². The second kappa shape index (κ2) is 5.66. The lowest BCUT2D eigenvalue weighted by atomic mass is 10.00. The van der Waals surface area contributed by atoms with Gasteiger partial charge in [-0.2, -0.15) is 13.2 Å². The highest BCUT2D eigenvalue weighted by molar-refractivity contribution is 5.96. The lowest BCUT2D eigenvalue weighted by molar-refractivity contribution is -0.160. The van der Waals surface area contributed by atoms with Gasteiger partial charge in [-0.05, 0) is 18.9 Å². The number of carbonyl (C=O) groups is 1. The first-order chi connectivity index (χ1) is 9.38. The van der Waals surface area contributed by atoms with Crippen molar-refractivity contribution in [2.24, 2.45) is 0 Å². The fourth-order valence-electron chi connectivity index (χ4n) is 2.10. The van der Waals surface area contributed by atoms with E-state index in [1.54, 1.807) is 0 Å². The normalized spacial score (nSPS) is 23.4. The van der Waals surface area contributed by atoms with E-state index in [9.17, 15) is 23.1 Å². The zero-order valence-corrected chi connectivity index (χ0v) is 10.4. The monoisotopic (exact) mass is 289 g/mol. The molecule has 1 aliphatic rings. The van der Waals surface area contributed by atoms with Gasteiger partial charge in [-0.3, -0.25) is 9.78 Å². The summed E-state index contributed by atoms with van der Waals surface area (Å²) in [6, 6.07) is -0.571. The molecule has 0 saturated carbocycles. The summed E-state index contributed by atoms with van der Waals surface area (Å²) in [7, 11) is 0. The van der Waals surface area contributed by atoms with E-state index in [0.717, 1.165) is 6.20 Å². The first kappa shape index (κ1) is 14.6. The van der Waals surface area contributed by atoms with Crippen LogP contribution < -0.4 is 10.6 Å². The van der Waals surface area contributed by atoms with Gasteiger partial charge in [-0.15, -0.1) is 0 Å². The fourth-order valence-corrected chi connectivity index (χ4v) is 2.10. The molecule has 20 heavy (non-hydrogen) atoms. The van der Waals surface area contributed by atoms with Crippen LogP contribution in [0.15, 0.2) is 18.5 Å². The molecule has 2 heterocycles. The van der Waals surface area contributed by atoms with Crippen LogP contribution in [-0.4, -0.2) is 40.8 Å². The number of alkyl halides is 3. The molecule has 1 fully saturated rings. The summed E-state index contributed by atoms with van der Waals surface area (Å²) in [5.74, 6) is -0.788. The Balaban J connectivity index is 1.90. The van der Waals surface area contributed by atoms with Crippen molar-refractivity contribution in [1.82, 2.24) is 15.6 Å². The Morgan fingerprint density at radius 1 is 1.45 bits per heavy atom. The predicted octanol–water partition coefficient (Wildman–Crippen LogP) is 1.20. The molecule has 0 radical (unpaired) electrons. The number of nitrogens with zero attached hydrogens (tertiary/aromatic N) is 1. The van der Waals surface area contributed by atoms with Gasteiger partial charge in [-0.25, -0.2) is 0 Å². The summed E-state index contributed by atoms with van der Waals surface area (Å²) in [6.45, 7) is 0.0434. The number of carbonyl (C=O) groups excluding carboxylic acids is 1. The quantitative estimate of drug-likeness (QED) is 0.765. The van der Waals surface area contributed by atoms with E-state index >= 15 is 0 Å². The highest BCUT2D eigenvalue weighted by Crippen LogP contribution is 2.26. The first-order valence-electron chi connectivity index (χ1n) is 6.12. The van der Waals surface area contributed by atoms with Gasteiger partial charge in [0.2, 0.25) is 0 Å². The van der Waals surface area contributed by atoms with Gasteiger partial charge in [-0.1, -0.05) is 0 Å². The highest BCUT2D eigenvalue weighted by atomic mass is 19.4. The lowest BCUT2D eigenvalue weighted by Crippen LogP contribution is -2.54. The Bertz CT molecular complexity index is 485. The first-order valence-corrected chi connectivity index (χ1v) is 6.12. The Hall–Kier alpha value is -1.83. The van der Waals surface area contributed by atoms with Crippen LogP contribution in [0.2, 0.25) is 0 Å². The third-order valence-electron chi connectivity index (χ3n) is 3.19. The standard InChI is InChI=1S/C12H14F3N3O2/c13-12(14,15)10-2-1-7(5-17-10)18-11(20)8-3-4-16-6-9(8)19/h3-4,6-7,10,17,19H,1-2,5H2,(H,18,20). The maximum Gasteiger partial charge on any atom is 0.403 e. The smallest absolute Gasteiger partial charge is 0.403 e. The molecule has 3 N–H and O–H groups in total. The number of aromatic hydroxyl groups is 1. The van der Waals surface area contributed by atoms with Crippen molar-refractivity contribution in [3.63, 3.8) is 0 Å². The Labute approximate surface area is 113 Å². The molecule has 2 unspecified atom stereocenters. The number of rotatable bonds is 2. The van der Waals surface area contributed by atoms with E-state index in [2.05, 4.69) is 15.6 Å². The lowest BCUT2D eigenvalue weighted by Gasteiger charge is -2.31. The van der Waals surface area contributed by atoms with E-state index in [1.165, 1.54) is 12.3 Å². The topological polar surface area (TPSA) is 74.2 Å². The van der Waals surface area contributed by atoms with Crippen molar-refractivity contribution in [1.29, 1.82) is 0 Å². The minimum Gasteiger partial charge on any atom is -0.505 e. The molecular weight excluding hydrogens is 275 g/mol. The molecule has 1 aromatic rings. The van der Waals surface area contributed by atoms with Gasteiger partial charge in [0, 0.05) is 18.8 Å². The third-order valence-corrected chi connectivity index (χ3v) is 3.19. The molecule has 0 aromatic carbocycles. The van der Waals surface area contributed by atoms with E-state index < -0.39 is 24.2 Å². The zero-order chi connectivity index (χ0) is 14.8. The second-order valence-corrected chi connectivity index (χ2v) is 4.64. The zero-order valence-electron chi connectivity index (χ0n) is 10.4. The van der Waals surface area contributed by atoms with Crippen LogP contribution in [-0.2, 0) is 0 Å². The number of pyridine rings is 1. The van der Waals surface area contributed by atoms with Crippen LogP contribution in [0.3, 0.4) is 0 Å². The largest absolute Gasteiger partial charge is 0.505 e. The molecule has 2 atom stereocenters. The maximum absolute atomic E-state index is 12.5. The molecule has 1 aliphatic heterocycles. The second-order valence-electron chi connectivity index (χ2n) is 4.64. The van der Waals surface area contributed by atoms with Crippen LogP contribution in [0.1, 0.15) is 23.2 Å². The Morgan fingerprint density at radius 3 is 2.75 bits per heavy atom. The molecular formula is C12H14F3N3O2. The van der Waals surface area contributed by atoms with Crippen LogP contribution in [0.5, 0.6) is 5.75 Å². The predicted molar refractivity (Wildman–Crippen MR) is 64.2 cm³/mol. The van der Waals surface area contributed by atoms with E-state index in [-0.39, 0.29) is 30.7 Å². The number of hydrogen-bond donors (Lipinski definition) is 3. The van der Waals surface area contributed by atoms with Gasteiger partial charge >= 0.3 is 6.18 Å². The number of halogens is 3. The maximum atomic E-state index is 12.5. The fraction of sp³-hybridized carbons (Fsp3) is 0.500. The molecule has 5 nitrogen and oxygen atoms in total. The summed E-state index contributed by atoms with van der Waals surface area (Å²) < 4.78 is 37.4. The molecule has 2 rings (SSSR count). The molecule has 1 amide bonds. The SMILES string of the molecule is O=C(NC1CCC(C(F)(F)F)NC1)c1ccncc1O. The number of piperidine rings is 1. The summed E-state index contributed by atoms with van der Waals surface area (Å²) >= 11 is 0. The van der Waals surface area contributed by atoms with Gasteiger partial charge in [0.1, 0.15) is 11.8 Å². The van der Waals surface area contributed by atoms with Crippen LogP contribution in [0, 0.1) is 0 Å². The average Bonchev–Trinajstić information content (AvgIpc) is 2.38. The van der Waals surface area contributed by atoms with Gasteiger partial charge < -0.3 is 15.7 Å². The van der Waals surface area contributed by atoms with Crippen molar-refractivity contribution in [3.8, 4) is 5.75 Å². The van der Waals surface area contributed by atoms with Crippen molar-refractivity contribution in [2.45, 2.75) is 31.1 Å². The Morgan fingerprint density at radius 2 is 2.20 bits per heavy atom. The van der Waals surface area contributed by atoms with Crippen LogP contribution in [0.25, 0.3) is 0 Å².